The van der Waals surface area contributed by atoms with Gasteiger partial charge in [-0.15, -0.1) is 0 Å². The molecule has 2 aliphatic heterocycles. The number of piperidine rings is 2. The average Bonchev–Trinajstić information content (AvgIpc) is 3.50. The molecule has 0 aromatic heterocycles. The van der Waals surface area contributed by atoms with Gasteiger partial charge in [0, 0.05) is 53.4 Å². The van der Waals surface area contributed by atoms with Gasteiger partial charge in [0.25, 0.3) is 0 Å². The first-order valence-electron chi connectivity index (χ1n) is 11.1. The molecule has 1 aromatic carbocycles. The van der Waals surface area contributed by atoms with Crippen LogP contribution in [-0.2, 0) is 10.0 Å². The van der Waals surface area contributed by atoms with Crippen molar-refractivity contribution >= 4 is 10.0 Å². The quantitative estimate of drug-likeness (QED) is 0.629. The maximum absolute atomic E-state index is 12.1. The van der Waals surface area contributed by atoms with Crippen LogP contribution in [0.4, 0.5) is 0 Å². The zero-order chi connectivity index (χ0) is 21.3. The molecular formula is C22H35N3O4S. The second-order valence-electron chi connectivity index (χ2n) is 9.57. The number of hydrogen-bond acceptors (Lipinski definition) is 6. The average molecular weight is 438 g/mol. The third-order valence-electron chi connectivity index (χ3n) is 6.46. The van der Waals surface area contributed by atoms with Gasteiger partial charge in [-0.1, -0.05) is 0 Å². The Hall–Kier alpha value is -1.19. The molecule has 0 radical (unpaired) electrons. The smallest absolute Gasteiger partial charge is 0.242 e. The number of aliphatic hydroxyl groups excluding tert-OH is 1. The Morgan fingerprint density at radius 3 is 2.23 bits per heavy atom. The van der Waals surface area contributed by atoms with E-state index in [-0.39, 0.29) is 11.5 Å². The van der Waals surface area contributed by atoms with Crippen LogP contribution in [0.1, 0.15) is 19.3 Å². The van der Waals surface area contributed by atoms with Crippen LogP contribution in [0.25, 0.3) is 0 Å². The van der Waals surface area contributed by atoms with Gasteiger partial charge in [-0.25, -0.2) is 12.7 Å². The minimum absolute atomic E-state index is 0.208. The Balaban J connectivity index is 1.22. The van der Waals surface area contributed by atoms with Crippen LogP contribution in [0.15, 0.2) is 29.2 Å². The molecule has 2 heterocycles. The maximum Gasteiger partial charge on any atom is 0.242 e. The van der Waals surface area contributed by atoms with Crippen LogP contribution in [-0.4, -0.2) is 93.7 Å². The summed E-state index contributed by atoms with van der Waals surface area (Å²) in [4.78, 5) is 5.30. The lowest BCUT2D eigenvalue weighted by atomic mass is 9.84. The molecule has 1 aromatic rings. The highest BCUT2D eigenvalue weighted by atomic mass is 32.2. The van der Waals surface area contributed by atoms with Crippen LogP contribution in [0.5, 0.6) is 5.75 Å². The summed E-state index contributed by atoms with van der Waals surface area (Å²) in [6.07, 6.45) is 3.60. The normalized spacial score (nSPS) is 26.7. The molecule has 3 atom stereocenters. The Morgan fingerprint density at radius 2 is 1.67 bits per heavy atom. The molecule has 168 valence electrons. The molecule has 2 bridgehead atoms. The van der Waals surface area contributed by atoms with Gasteiger partial charge < -0.3 is 14.7 Å². The summed E-state index contributed by atoms with van der Waals surface area (Å²) in [5.74, 6) is 2.96. The molecule has 3 fully saturated rings. The number of ether oxygens (including phenoxy) is 1. The van der Waals surface area contributed by atoms with Gasteiger partial charge in [0.05, 0.1) is 4.90 Å². The van der Waals surface area contributed by atoms with Crippen molar-refractivity contribution in [1.82, 2.24) is 14.1 Å². The van der Waals surface area contributed by atoms with E-state index in [9.17, 15) is 13.5 Å². The number of sulfonamides is 1. The van der Waals surface area contributed by atoms with Gasteiger partial charge >= 0.3 is 0 Å². The van der Waals surface area contributed by atoms with E-state index in [0.717, 1.165) is 30.8 Å². The van der Waals surface area contributed by atoms with Gasteiger partial charge in [0.2, 0.25) is 10.0 Å². The number of β-amino-alcohol motifs (C(OH)–C–C–N with tert-alkyl or cyclic N) is 1. The molecule has 0 amide bonds. The maximum atomic E-state index is 12.1. The summed E-state index contributed by atoms with van der Waals surface area (Å²) in [5, 5.41) is 10.5. The molecule has 0 spiro atoms. The zero-order valence-electron chi connectivity index (χ0n) is 18.1. The molecule has 3 aliphatic rings. The molecule has 7 nitrogen and oxygen atoms in total. The molecule has 1 saturated carbocycles. The first-order valence-corrected chi connectivity index (χ1v) is 12.5. The fourth-order valence-corrected chi connectivity index (χ4v) is 5.82. The van der Waals surface area contributed by atoms with E-state index in [0.29, 0.717) is 12.3 Å². The second kappa shape index (κ2) is 9.12. The highest BCUT2D eigenvalue weighted by Gasteiger charge is 2.36. The third kappa shape index (κ3) is 5.53. The van der Waals surface area contributed by atoms with E-state index < -0.39 is 16.1 Å². The summed E-state index contributed by atoms with van der Waals surface area (Å²) < 4.78 is 31.1. The summed E-state index contributed by atoms with van der Waals surface area (Å²) in [6, 6.07) is 6.36. The number of rotatable bonds is 9. The summed E-state index contributed by atoms with van der Waals surface area (Å²) in [5.41, 5.74) is 0. The first-order chi connectivity index (χ1) is 14.3. The van der Waals surface area contributed by atoms with Crippen LogP contribution < -0.4 is 4.74 Å². The molecule has 1 aliphatic carbocycles. The predicted molar refractivity (Wildman–Crippen MR) is 116 cm³/mol. The van der Waals surface area contributed by atoms with Crippen molar-refractivity contribution in [2.45, 2.75) is 30.3 Å². The lowest BCUT2D eigenvalue weighted by Gasteiger charge is -2.46. The van der Waals surface area contributed by atoms with Crippen LogP contribution >= 0.6 is 0 Å². The standard InChI is InChI=1S/C22H35N3O4S/c1-23(2)30(27,28)22-7-5-21(6-8-22)29-16-20(26)15-25-13-18-9-19(14-25)12-24(11-18)10-17-3-4-17/h5-8,17-20,26H,3-4,9-16H2,1-2H3. The van der Waals surface area contributed by atoms with Crippen LogP contribution in [0.2, 0.25) is 0 Å². The van der Waals surface area contributed by atoms with Gasteiger partial charge in [-0.3, -0.25) is 4.90 Å². The van der Waals surface area contributed by atoms with Crippen molar-refractivity contribution < 1.29 is 18.3 Å². The minimum Gasteiger partial charge on any atom is -0.491 e. The van der Waals surface area contributed by atoms with Gasteiger partial charge in [0.15, 0.2) is 0 Å². The molecule has 4 rings (SSSR count). The number of nitrogens with zero attached hydrogens (tertiary/aromatic N) is 3. The van der Waals surface area contributed by atoms with E-state index in [4.69, 9.17) is 4.74 Å². The first kappa shape index (κ1) is 22.0. The van der Waals surface area contributed by atoms with Crippen molar-refractivity contribution in [3.05, 3.63) is 24.3 Å². The molecule has 2 saturated heterocycles. The fourth-order valence-electron chi connectivity index (χ4n) is 4.92. The van der Waals surface area contributed by atoms with E-state index >= 15 is 0 Å². The van der Waals surface area contributed by atoms with Crippen molar-refractivity contribution in [3.8, 4) is 5.75 Å². The molecule has 30 heavy (non-hydrogen) atoms. The highest BCUT2D eigenvalue weighted by molar-refractivity contribution is 7.89. The molecule has 1 N–H and O–H groups in total. The largest absolute Gasteiger partial charge is 0.491 e. The fraction of sp³-hybridized carbons (Fsp3) is 0.727. The van der Waals surface area contributed by atoms with Gasteiger partial charge in [0.1, 0.15) is 18.5 Å². The van der Waals surface area contributed by atoms with Crippen molar-refractivity contribution in [2.24, 2.45) is 17.8 Å². The topological polar surface area (TPSA) is 73.3 Å². The minimum atomic E-state index is -3.44. The summed E-state index contributed by atoms with van der Waals surface area (Å²) in [6.45, 7) is 6.66. The van der Waals surface area contributed by atoms with Crippen LogP contribution in [0.3, 0.4) is 0 Å². The van der Waals surface area contributed by atoms with E-state index in [1.165, 1.54) is 69.4 Å². The van der Waals surface area contributed by atoms with Crippen molar-refractivity contribution in [2.75, 3.05) is 60.0 Å². The summed E-state index contributed by atoms with van der Waals surface area (Å²) >= 11 is 0. The molecule has 8 heteroatoms. The zero-order valence-corrected chi connectivity index (χ0v) is 18.9. The van der Waals surface area contributed by atoms with Gasteiger partial charge in [-0.2, -0.15) is 0 Å². The number of hydrogen-bond donors (Lipinski definition) is 1. The third-order valence-corrected chi connectivity index (χ3v) is 8.29. The Bertz CT molecular complexity index is 796. The highest BCUT2D eigenvalue weighted by Crippen LogP contribution is 2.34. The molecular weight excluding hydrogens is 402 g/mol. The van der Waals surface area contributed by atoms with Gasteiger partial charge in [-0.05, 0) is 61.3 Å². The van der Waals surface area contributed by atoms with Crippen LogP contribution in [0, 0.1) is 17.8 Å². The Morgan fingerprint density at radius 1 is 1.07 bits per heavy atom. The number of aliphatic hydroxyl groups is 1. The second-order valence-corrected chi connectivity index (χ2v) is 11.7. The van der Waals surface area contributed by atoms with E-state index in [1.807, 2.05) is 0 Å². The Labute approximate surface area is 180 Å². The molecule has 3 unspecified atom stereocenters. The number of fused-ring (bicyclic) bond motifs is 2. The lowest BCUT2D eigenvalue weighted by Crippen LogP contribution is -2.54. The lowest BCUT2D eigenvalue weighted by molar-refractivity contribution is -0.000931. The SMILES string of the molecule is CN(C)S(=O)(=O)c1ccc(OCC(O)CN2CC3CC(C2)CN(CC2CC2)C3)cc1. The summed E-state index contributed by atoms with van der Waals surface area (Å²) in [7, 11) is -0.422. The number of benzene rings is 1. The Kier molecular flexibility index (Phi) is 6.70. The van der Waals surface area contributed by atoms with Crippen molar-refractivity contribution in [1.29, 1.82) is 0 Å². The van der Waals surface area contributed by atoms with E-state index in [2.05, 4.69) is 9.80 Å². The van der Waals surface area contributed by atoms with E-state index in [1.54, 1.807) is 12.1 Å². The predicted octanol–water partition coefficient (Wildman–Crippen LogP) is 1.34. The van der Waals surface area contributed by atoms with Crippen molar-refractivity contribution in [3.63, 3.8) is 0 Å². The monoisotopic (exact) mass is 437 g/mol. The number of likely N-dealkylation sites (tertiary alicyclic amines) is 2.